The molecule has 0 spiro atoms. The van der Waals surface area contributed by atoms with E-state index < -0.39 is 6.09 Å². The maximum atomic E-state index is 10.6. The molecule has 2 unspecified atom stereocenters. The molecule has 2 aliphatic rings. The fourth-order valence-corrected chi connectivity index (χ4v) is 1.84. The summed E-state index contributed by atoms with van der Waals surface area (Å²) in [6.45, 7) is 0.709. The molecule has 2 rings (SSSR count). The molecule has 1 amide bonds. The monoisotopic (exact) mass is 153 g/mol. The van der Waals surface area contributed by atoms with Crippen LogP contribution in [0.15, 0.2) is 12.2 Å². The van der Waals surface area contributed by atoms with Crippen LogP contribution in [0.5, 0.6) is 0 Å². The third kappa shape index (κ3) is 0.914. The number of fused-ring (bicyclic) bond motifs is 1. The van der Waals surface area contributed by atoms with Crippen molar-refractivity contribution < 1.29 is 9.90 Å². The van der Waals surface area contributed by atoms with Crippen molar-refractivity contribution in [2.24, 2.45) is 5.92 Å². The lowest BCUT2D eigenvalue weighted by Crippen LogP contribution is -2.49. The van der Waals surface area contributed by atoms with Crippen molar-refractivity contribution in [1.82, 2.24) is 4.90 Å². The Hall–Kier alpha value is -0.990. The van der Waals surface area contributed by atoms with Gasteiger partial charge >= 0.3 is 6.09 Å². The van der Waals surface area contributed by atoms with Crippen LogP contribution in [0.1, 0.15) is 12.8 Å². The van der Waals surface area contributed by atoms with Crippen LogP contribution in [0.3, 0.4) is 0 Å². The highest BCUT2D eigenvalue weighted by Crippen LogP contribution is 2.32. The molecule has 1 aliphatic heterocycles. The van der Waals surface area contributed by atoms with E-state index in [9.17, 15) is 4.79 Å². The normalized spacial score (nSPS) is 34.4. The second-order valence-corrected chi connectivity index (χ2v) is 3.16. The zero-order valence-corrected chi connectivity index (χ0v) is 6.23. The van der Waals surface area contributed by atoms with Gasteiger partial charge in [0, 0.05) is 12.5 Å². The first kappa shape index (κ1) is 6.70. The van der Waals surface area contributed by atoms with Crippen LogP contribution in [0.2, 0.25) is 0 Å². The third-order valence-electron chi connectivity index (χ3n) is 2.54. The molecule has 0 bridgehead atoms. The van der Waals surface area contributed by atoms with Crippen LogP contribution in [-0.2, 0) is 0 Å². The van der Waals surface area contributed by atoms with Crippen molar-refractivity contribution >= 4 is 6.09 Å². The van der Waals surface area contributed by atoms with Gasteiger partial charge in [0.25, 0.3) is 0 Å². The first-order valence-electron chi connectivity index (χ1n) is 3.97. The number of nitrogens with zero attached hydrogens (tertiary/aromatic N) is 1. The lowest BCUT2D eigenvalue weighted by Gasteiger charge is -2.41. The Morgan fingerprint density at radius 1 is 1.55 bits per heavy atom. The van der Waals surface area contributed by atoms with E-state index in [4.69, 9.17) is 5.11 Å². The summed E-state index contributed by atoms with van der Waals surface area (Å²) in [5.74, 6) is 0.514. The van der Waals surface area contributed by atoms with Gasteiger partial charge in [-0.2, -0.15) is 0 Å². The van der Waals surface area contributed by atoms with Gasteiger partial charge < -0.3 is 10.0 Å². The van der Waals surface area contributed by atoms with E-state index in [1.54, 1.807) is 0 Å². The summed E-state index contributed by atoms with van der Waals surface area (Å²) in [6.07, 6.45) is 5.49. The predicted molar refractivity (Wildman–Crippen MR) is 40.4 cm³/mol. The summed E-state index contributed by atoms with van der Waals surface area (Å²) >= 11 is 0. The van der Waals surface area contributed by atoms with Crippen molar-refractivity contribution in [2.45, 2.75) is 18.9 Å². The number of likely N-dealkylation sites (tertiary alicyclic amines) is 1. The molecule has 1 heterocycles. The van der Waals surface area contributed by atoms with Gasteiger partial charge in [0.05, 0.1) is 6.04 Å². The van der Waals surface area contributed by atoms with Crippen molar-refractivity contribution in [3.63, 3.8) is 0 Å². The minimum absolute atomic E-state index is 0.196. The summed E-state index contributed by atoms with van der Waals surface area (Å²) in [4.78, 5) is 12.2. The SMILES string of the molecule is O=C(O)N1CCCC2C=CC21. The van der Waals surface area contributed by atoms with E-state index in [0.717, 1.165) is 12.8 Å². The summed E-state index contributed by atoms with van der Waals surface area (Å²) < 4.78 is 0. The zero-order chi connectivity index (χ0) is 7.84. The molecule has 2 atom stereocenters. The van der Waals surface area contributed by atoms with Gasteiger partial charge in [-0.15, -0.1) is 0 Å². The van der Waals surface area contributed by atoms with Gasteiger partial charge in [-0.3, -0.25) is 0 Å². The molecule has 0 aromatic heterocycles. The van der Waals surface area contributed by atoms with E-state index in [1.165, 1.54) is 4.90 Å². The molecular formula is C8H11NO2. The average molecular weight is 153 g/mol. The smallest absolute Gasteiger partial charge is 0.407 e. The Labute approximate surface area is 65.3 Å². The molecule has 0 aromatic carbocycles. The molecule has 11 heavy (non-hydrogen) atoms. The predicted octanol–water partition coefficient (Wildman–Crippen LogP) is 1.31. The minimum Gasteiger partial charge on any atom is -0.465 e. The summed E-state index contributed by atoms with van der Waals surface area (Å²) in [6, 6.07) is 0.196. The van der Waals surface area contributed by atoms with Crippen LogP contribution in [-0.4, -0.2) is 28.7 Å². The number of carbonyl (C=O) groups is 1. The lowest BCUT2D eigenvalue weighted by molar-refractivity contribution is 0.0982. The zero-order valence-electron chi connectivity index (χ0n) is 6.23. The third-order valence-corrected chi connectivity index (χ3v) is 2.54. The molecule has 3 nitrogen and oxygen atoms in total. The first-order valence-corrected chi connectivity index (χ1v) is 3.97. The van der Waals surface area contributed by atoms with Gasteiger partial charge in [-0.25, -0.2) is 4.79 Å². The van der Waals surface area contributed by atoms with Crippen molar-refractivity contribution in [3.05, 3.63) is 12.2 Å². The highest BCUT2D eigenvalue weighted by Gasteiger charge is 2.35. The van der Waals surface area contributed by atoms with Crippen molar-refractivity contribution in [1.29, 1.82) is 0 Å². The van der Waals surface area contributed by atoms with Gasteiger partial charge in [-0.05, 0) is 12.8 Å². The molecule has 3 heteroatoms. The first-order chi connectivity index (χ1) is 5.29. The maximum absolute atomic E-state index is 10.6. The second kappa shape index (κ2) is 2.26. The van der Waals surface area contributed by atoms with Gasteiger partial charge in [0.1, 0.15) is 0 Å². The van der Waals surface area contributed by atoms with Crippen LogP contribution in [0.25, 0.3) is 0 Å². The number of rotatable bonds is 0. The number of hydrogen-bond donors (Lipinski definition) is 1. The molecular weight excluding hydrogens is 142 g/mol. The standard InChI is InChI=1S/C8H11NO2/c10-8(11)9-5-1-2-6-3-4-7(6)9/h3-4,6-7H,1-2,5H2,(H,10,11). The second-order valence-electron chi connectivity index (χ2n) is 3.16. The quantitative estimate of drug-likeness (QED) is 0.533. The Morgan fingerprint density at radius 3 is 2.82 bits per heavy atom. The van der Waals surface area contributed by atoms with E-state index in [-0.39, 0.29) is 6.04 Å². The fraction of sp³-hybridized carbons (Fsp3) is 0.625. The number of hydrogen-bond acceptors (Lipinski definition) is 1. The maximum Gasteiger partial charge on any atom is 0.407 e. The Morgan fingerprint density at radius 2 is 2.36 bits per heavy atom. The number of amides is 1. The minimum atomic E-state index is -0.774. The summed E-state index contributed by atoms with van der Waals surface area (Å²) in [7, 11) is 0. The fourth-order valence-electron chi connectivity index (χ4n) is 1.84. The largest absolute Gasteiger partial charge is 0.465 e. The van der Waals surface area contributed by atoms with Gasteiger partial charge in [-0.1, -0.05) is 12.2 Å². The summed E-state index contributed by atoms with van der Waals surface area (Å²) in [5, 5.41) is 8.75. The average Bonchev–Trinajstić information content (AvgIpc) is 1.90. The molecule has 60 valence electrons. The molecule has 0 aromatic rings. The lowest BCUT2D eigenvalue weighted by atomic mass is 9.81. The van der Waals surface area contributed by atoms with Gasteiger partial charge in [0.15, 0.2) is 0 Å². The summed E-state index contributed by atoms with van der Waals surface area (Å²) in [5.41, 5.74) is 0. The molecule has 1 fully saturated rings. The van der Waals surface area contributed by atoms with Crippen LogP contribution >= 0.6 is 0 Å². The van der Waals surface area contributed by atoms with Crippen molar-refractivity contribution in [2.75, 3.05) is 6.54 Å². The number of carboxylic acid groups (broad SMARTS) is 1. The molecule has 0 saturated carbocycles. The van der Waals surface area contributed by atoms with E-state index in [2.05, 4.69) is 6.08 Å². The molecule has 1 saturated heterocycles. The van der Waals surface area contributed by atoms with Crippen LogP contribution in [0.4, 0.5) is 4.79 Å². The number of piperidine rings is 1. The van der Waals surface area contributed by atoms with E-state index >= 15 is 0 Å². The van der Waals surface area contributed by atoms with Crippen LogP contribution < -0.4 is 0 Å². The Balaban J connectivity index is 2.10. The Kier molecular flexibility index (Phi) is 1.37. The molecule has 1 aliphatic carbocycles. The van der Waals surface area contributed by atoms with Crippen LogP contribution in [0, 0.1) is 5.92 Å². The highest BCUT2D eigenvalue weighted by molar-refractivity contribution is 5.66. The van der Waals surface area contributed by atoms with E-state index in [0.29, 0.717) is 12.5 Å². The molecule has 0 radical (unpaired) electrons. The topological polar surface area (TPSA) is 40.5 Å². The highest BCUT2D eigenvalue weighted by atomic mass is 16.4. The Bertz CT molecular complexity index is 212. The van der Waals surface area contributed by atoms with Gasteiger partial charge in [0.2, 0.25) is 0 Å². The van der Waals surface area contributed by atoms with E-state index in [1.807, 2.05) is 6.08 Å². The molecule has 1 N–H and O–H groups in total. The van der Waals surface area contributed by atoms with Crippen molar-refractivity contribution in [3.8, 4) is 0 Å².